The number of sulfonamides is 1. The van der Waals surface area contributed by atoms with E-state index in [-0.39, 0.29) is 28.0 Å². The molecule has 0 spiro atoms. The van der Waals surface area contributed by atoms with Crippen molar-refractivity contribution in [2.24, 2.45) is 11.1 Å². The molecule has 1 saturated carbocycles. The minimum absolute atomic E-state index is 0.0894. The predicted octanol–water partition coefficient (Wildman–Crippen LogP) is 1.41. The number of halogens is 1. The molecule has 0 radical (unpaired) electrons. The number of amides is 1. The first-order valence-corrected chi connectivity index (χ1v) is 8.46. The average molecular weight is 312 g/mol. The fourth-order valence-corrected chi connectivity index (χ4v) is 4.31. The van der Waals surface area contributed by atoms with Crippen molar-refractivity contribution in [3.8, 4) is 0 Å². The number of hydrogen-bond donors (Lipinski definition) is 1. The summed E-state index contributed by atoms with van der Waals surface area (Å²) in [6.45, 7) is 2.16. The second-order valence-corrected chi connectivity index (χ2v) is 7.44. The van der Waals surface area contributed by atoms with Gasteiger partial charge in [-0.25, -0.2) is 17.9 Å². The van der Waals surface area contributed by atoms with Crippen molar-refractivity contribution in [2.45, 2.75) is 37.1 Å². The Kier molecular flexibility index (Phi) is 3.29. The van der Waals surface area contributed by atoms with Gasteiger partial charge >= 0.3 is 0 Å². The molecule has 2 fully saturated rings. The maximum Gasteiger partial charge on any atom is 0.254 e. The molecule has 1 aromatic rings. The van der Waals surface area contributed by atoms with Crippen LogP contribution in [0.15, 0.2) is 17.0 Å². The highest BCUT2D eigenvalue weighted by Crippen LogP contribution is 2.38. The normalized spacial score (nSPS) is 24.6. The molecule has 3 rings (SSSR count). The van der Waals surface area contributed by atoms with Crippen LogP contribution < -0.4 is 5.14 Å². The van der Waals surface area contributed by atoms with E-state index in [0.717, 1.165) is 31.4 Å². The van der Waals surface area contributed by atoms with Crippen LogP contribution in [0.3, 0.4) is 0 Å². The van der Waals surface area contributed by atoms with E-state index in [2.05, 4.69) is 0 Å². The third-order valence-corrected chi connectivity index (χ3v) is 5.57. The minimum atomic E-state index is -4.06. The van der Waals surface area contributed by atoms with Crippen LogP contribution in [0.5, 0.6) is 0 Å². The van der Waals surface area contributed by atoms with Gasteiger partial charge in [0.25, 0.3) is 5.91 Å². The van der Waals surface area contributed by atoms with Crippen LogP contribution in [-0.4, -0.2) is 31.8 Å². The summed E-state index contributed by atoms with van der Waals surface area (Å²) >= 11 is 0. The van der Waals surface area contributed by atoms with E-state index < -0.39 is 15.8 Å². The molecule has 2 aliphatic rings. The molecule has 1 heterocycles. The van der Waals surface area contributed by atoms with Crippen molar-refractivity contribution >= 4 is 15.9 Å². The molecule has 2 atom stereocenters. The molecule has 1 aliphatic heterocycles. The Bertz CT molecular complexity index is 717. The Morgan fingerprint density at radius 2 is 2.10 bits per heavy atom. The number of nitrogens with zero attached hydrogens (tertiary/aromatic N) is 1. The molecule has 114 valence electrons. The van der Waals surface area contributed by atoms with Crippen molar-refractivity contribution in [3.63, 3.8) is 0 Å². The van der Waals surface area contributed by atoms with Gasteiger partial charge in [-0.05, 0) is 49.8 Å². The number of carbonyl (C=O) groups excluding carboxylic acids is 1. The van der Waals surface area contributed by atoms with E-state index >= 15 is 0 Å². The first kappa shape index (κ1) is 14.5. The van der Waals surface area contributed by atoms with Gasteiger partial charge < -0.3 is 4.90 Å². The van der Waals surface area contributed by atoms with Gasteiger partial charge in [0.05, 0.1) is 4.90 Å². The lowest BCUT2D eigenvalue weighted by Gasteiger charge is -2.27. The van der Waals surface area contributed by atoms with Gasteiger partial charge in [0.1, 0.15) is 5.82 Å². The van der Waals surface area contributed by atoms with Gasteiger partial charge in [0.2, 0.25) is 10.0 Å². The zero-order valence-corrected chi connectivity index (χ0v) is 12.5. The van der Waals surface area contributed by atoms with Gasteiger partial charge in [0, 0.05) is 18.2 Å². The minimum Gasteiger partial charge on any atom is -0.335 e. The summed E-state index contributed by atoms with van der Waals surface area (Å²) in [5, 5.41) is 5.09. The van der Waals surface area contributed by atoms with Crippen molar-refractivity contribution in [3.05, 3.63) is 29.1 Å². The summed E-state index contributed by atoms with van der Waals surface area (Å²) < 4.78 is 36.7. The van der Waals surface area contributed by atoms with E-state index in [9.17, 15) is 17.6 Å². The molecule has 1 aliphatic carbocycles. The van der Waals surface area contributed by atoms with Crippen LogP contribution in [0.2, 0.25) is 0 Å². The highest BCUT2D eigenvalue weighted by atomic mass is 32.2. The summed E-state index contributed by atoms with van der Waals surface area (Å²) in [4.78, 5) is 14.0. The van der Waals surface area contributed by atoms with Gasteiger partial charge in [-0.15, -0.1) is 0 Å². The summed E-state index contributed by atoms with van der Waals surface area (Å²) in [6, 6.07) is 2.15. The summed E-state index contributed by atoms with van der Waals surface area (Å²) in [5.74, 6) is -0.549. The van der Waals surface area contributed by atoms with Crippen molar-refractivity contribution < 1.29 is 17.6 Å². The molecule has 1 saturated heterocycles. The number of nitrogens with two attached hydrogens (primary N) is 1. The molecule has 5 nitrogen and oxygen atoms in total. The van der Waals surface area contributed by atoms with Crippen molar-refractivity contribution in [2.75, 3.05) is 6.54 Å². The van der Waals surface area contributed by atoms with E-state index in [1.165, 1.54) is 6.92 Å². The lowest BCUT2D eigenvalue weighted by molar-refractivity contribution is 0.0702. The second kappa shape index (κ2) is 4.78. The van der Waals surface area contributed by atoms with Crippen molar-refractivity contribution in [1.29, 1.82) is 0 Å². The third-order valence-electron chi connectivity index (χ3n) is 4.53. The van der Waals surface area contributed by atoms with Crippen LogP contribution >= 0.6 is 0 Å². The Hall–Kier alpha value is -1.47. The second-order valence-electron chi connectivity index (χ2n) is 5.91. The van der Waals surface area contributed by atoms with Gasteiger partial charge in [-0.2, -0.15) is 0 Å². The van der Waals surface area contributed by atoms with Crippen molar-refractivity contribution in [1.82, 2.24) is 4.90 Å². The first-order valence-electron chi connectivity index (χ1n) is 6.91. The average Bonchev–Trinajstić information content (AvgIpc) is 3.01. The number of piperidine rings is 1. The monoisotopic (exact) mass is 312 g/mol. The molecule has 2 bridgehead atoms. The van der Waals surface area contributed by atoms with Crippen LogP contribution in [0, 0.1) is 18.7 Å². The smallest absolute Gasteiger partial charge is 0.254 e. The molecule has 1 amide bonds. The quantitative estimate of drug-likeness (QED) is 0.896. The summed E-state index contributed by atoms with van der Waals surface area (Å²) in [7, 11) is -4.06. The number of likely N-dealkylation sites (tertiary alicyclic amines) is 1. The number of benzene rings is 1. The number of fused-ring (bicyclic) bond motifs is 2. The van der Waals surface area contributed by atoms with E-state index in [1.54, 1.807) is 4.90 Å². The fourth-order valence-electron chi connectivity index (χ4n) is 3.50. The Morgan fingerprint density at radius 1 is 1.38 bits per heavy atom. The fraction of sp³-hybridized carbons (Fsp3) is 0.500. The van der Waals surface area contributed by atoms with Crippen LogP contribution in [0.1, 0.15) is 35.2 Å². The zero-order chi connectivity index (χ0) is 15.4. The highest BCUT2D eigenvalue weighted by Gasteiger charge is 2.41. The molecule has 0 aromatic heterocycles. The lowest BCUT2D eigenvalue weighted by Crippen LogP contribution is -2.38. The van der Waals surface area contributed by atoms with Gasteiger partial charge in [-0.1, -0.05) is 0 Å². The van der Waals surface area contributed by atoms with Crippen LogP contribution in [-0.2, 0) is 10.0 Å². The molecule has 2 unspecified atom stereocenters. The van der Waals surface area contributed by atoms with E-state index in [0.29, 0.717) is 12.5 Å². The molecular weight excluding hydrogens is 295 g/mol. The largest absolute Gasteiger partial charge is 0.335 e. The zero-order valence-electron chi connectivity index (χ0n) is 11.7. The highest BCUT2D eigenvalue weighted by molar-refractivity contribution is 7.89. The first-order chi connectivity index (χ1) is 9.77. The van der Waals surface area contributed by atoms with Crippen LogP contribution in [0.4, 0.5) is 4.39 Å². The molecular formula is C14H17FN2O3S. The lowest BCUT2D eigenvalue weighted by atomic mass is 10.0. The Balaban J connectivity index is 2.03. The maximum atomic E-state index is 13.7. The standard InChI is InChI=1S/C14H17FN2O3S/c1-8-12(5-10(15)6-13(8)21(16,19)20)14(18)17-7-9-2-3-11(17)4-9/h5-6,9,11H,2-4,7H2,1H3,(H2,16,19,20). The number of hydrogen-bond acceptors (Lipinski definition) is 3. The Morgan fingerprint density at radius 3 is 2.62 bits per heavy atom. The van der Waals surface area contributed by atoms with E-state index in [4.69, 9.17) is 5.14 Å². The third kappa shape index (κ3) is 2.44. The molecule has 1 aromatic carbocycles. The molecule has 7 heteroatoms. The Labute approximate surface area is 123 Å². The predicted molar refractivity (Wildman–Crippen MR) is 74.7 cm³/mol. The molecule has 2 N–H and O–H groups in total. The van der Waals surface area contributed by atoms with Crippen LogP contribution in [0.25, 0.3) is 0 Å². The number of primary sulfonamides is 1. The summed E-state index contributed by atoms with van der Waals surface area (Å²) in [6.07, 6.45) is 3.08. The number of rotatable bonds is 2. The summed E-state index contributed by atoms with van der Waals surface area (Å²) in [5.41, 5.74) is 0.304. The van der Waals surface area contributed by atoms with Gasteiger partial charge in [0.15, 0.2) is 0 Å². The maximum absolute atomic E-state index is 13.7. The number of carbonyl (C=O) groups is 1. The van der Waals surface area contributed by atoms with E-state index in [1.807, 2.05) is 0 Å². The molecule has 21 heavy (non-hydrogen) atoms. The van der Waals surface area contributed by atoms with Gasteiger partial charge in [-0.3, -0.25) is 4.79 Å². The SMILES string of the molecule is Cc1c(C(=O)N2CC3CCC2C3)cc(F)cc1S(N)(=O)=O. The topological polar surface area (TPSA) is 80.5 Å².